The van der Waals surface area contributed by atoms with E-state index in [9.17, 15) is 13.2 Å². The molecule has 0 aliphatic rings. The summed E-state index contributed by atoms with van der Waals surface area (Å²) in [6.45, 7) is 3.90. The Labute approximate surface area is 166 Å². The summed E-state index contributed by atoms with van der Waals surface area (Å²) < 4.78 is 37.2. The van der Waals surface area contributed by atoms with E-state index < -0.39 is 10.0 Å². The van der Waals surface area contributed by atoms with Crippen LogP contribution in [0.25, 0.3) is 0 Å². The van der Waals surface area contributed by atoms with E-state index in [0.29, 0.717) is 35.6 Å². The van der Waals surface area contributed by atoms with Crippen molar-refractivity contribution in [1.82, 2.24) is 10.0 Å². The minimum absolute atomic E-state index is 0.111. The molecule has 0 saturated carbocycles. The van der Waals surface area contributed by atoms with Crippen molar-refractivity contribution in [3.63, 3.8) is 0 Å². The lowest BCUT2D eigenvalue weighted by molar-refractivity contribution is 0.0954. The Hall–Kier alpha value is -2.58. The van der Waals surface area contributed by atoms with E-state index >= 15 is 0 Å². The van der Waals surface area contributed by atoms with Crippen LogP contribution in [0.1, 0.15) is 27.0 Å². The molecule has 2 rings (SSSR count). The lowest BCUT2D eigenvalue weighted by atomic mass is 10.1. The number of methoxy groups -OCH3 is 2. The highest BCUT2D eigenvalue weighted by Gasteiger charge is 2.19. The highest BCUT2D eigenvalue weighted by Crippen LogP contribution is 2.27. The van der Waals surface area contributed by atoms with Gasteiger partial charge in [0.05, 0.1) is 19.1 Å². The maximum absolute atomic E-state index is 12.5. The van der Waals surface area contributed by atoms with Gasteiger partial charge in [0.2, 0.25) is 10.0 Å². The summed E-state index contributed by atoms with van der Waals surface area (Å²) >= 11 is 0. The number of benzene rings is 2. The molecule has 0 bridgehead atoms. The summed E-state index contributed by atoms with van der Waals surface area (Å²) in [5.74, 6) is 0.946. The van der Waals surface area contributed by atoms with Crippen molar-refractivity contribution < 1.29 is 22.7 Å². The third-order valence-electron chi connectivity index (χ3n) is 4.59. The summed E-state index contributed by atoms with van der Waals surface area (Å²) in [6.07, 6.45) is 0.596. The lowest BCUT2D eigenvalue weighted by Gasteiger charge is -2.13. The molecule has 0 atom stereocenters. The molecule has 0 heterocycles. The highest BCUT2D eigenvalue weighted by atomic mass is 32.2. The van der Waals surface area contributed by atoms with Gasteiger partial charge in [0, 0.05) is 12.1 Å². The number of sulfonamides is 1. The molecule has 0 aliphatic carbocycles. The second kappa shape index (κ2) is 9.07. The number of rotatable bonds is 8. The van der Waals surface area contributed by atoms with Crippen LogP contribution >= 0.6 is 0 Å². The molecule has 152 valence electrons. The predicted octanol–water partition coefficient (Wildman–Crippen LogP) is 2.20. The third-order valence-corrected chi connectivity index (χ3v) is 6.13. The first-order valence-corrected chi connectivity index (χ1v) is 10.3. The van der Waals surface area contributed by atoms with Crippen molar-refractivity contribution in [2.75, 3.05) is 27.8 Å². The maximum Gasteiger partial charge on any atom is 0.251 e. The lowest BCUT2D eigenvalue weighted by Crippen LogP contribution is -2.27. The molecular formula is C20H26N2O5S. The van der Waals surface area contributed by atoms with Crippen molar-refractivity contribution in [1.29, 1.82) is 0 Å². The van der Waals surface area contributed by atoms with Gasteiger partial charge >= 0.3 is 0 Å². The number of carbonyl (C=O) groups is 1. The van der Waals surface area contributed by atoms with E-state index in [1.54, 1.807) is 34.1 Å². The molecule has 0 radical (unpaired) electrons. The van der Waals surface area contributed by atoms with Crippen LogP contribution in [0, 0.1) is 13.8 Å². The molecule has 7 nitrogen and oxygen atoms in total. The molecular weight excluding hydrogens is 380 g/mol. The molecule has 0 saturated heterocycles. The number of nitrogens with one attached hydrogen (secondary N) is 2. The zero-order chi connectivity index (χ0) is 20.9. The Bertz CT molecular complexity index is 971. The highest BCUT2D eigenvalue weighted by molar-refractivity contribution is 7.89. The zero-order valence-electron chi connectivity index (χ0n) is 16.8. The topological polar surface area (TPSA) is 93.7 Å². The Morgan fingerprint density at radius 3 is 2.32 bits per heavy atom. The van der Waals surface area contributed by atoms with Crippen molar-refractivity contribution in [3.8, 4) is 11.5 Å². The fourth-order valence-corrected chi connectivity index (χ4v) is 3.87. The van der Waals surface area contributed by atoms with Gasteiger partial charge in [-0.3, -0.25) is 4.79 Å². The molecule has 28 heavy (non-hydrogen) atoms. The van der Waals surface area contributed by atoms with Crippen LogP contribution in [0.2, 0.25) is 0 Å². The van der Waals surface area contributed by atoms with Crippen molar-refractivity contribution in [2.45, 2.75) is 25.2 Å². The first kappa shape index (κ1) is 21.7. The average molecular weight is 407 g/mol. The largest absolute Gasteiger partial charge is 0.493 e. The SMILES string of the molecule is CNS(=O)(=O)c1cc(C(=O)NCCc2ccc(OC)c(OC)c2)cc(C)c1C. The third kappa shape index (κ3) is 4.82. The minimum Gasteiger partial charge on any atom is -0.493 e. The van der Waals surface area contributed by atoms with Crippen LogP contribution < -0.4 is 19.5 Å². The maximum atomic E-state index is 12.5. The minimum atomic E-state index is -3.64. The Morgan fingerprint density at radius 2 is 1.71 bits per heavy atom. The summed E-state index contributed by atoms with van der Waals surface area (Å²) in [6, 6.07) is 8.67. The van der Waals surface area contributed by atoms with Crippen LogP contribution in [0.15, 0.2) is 35.2 Å². The van der Waals surface area contributed by atoms with Crippen LogP contribution in [-0.2, 0) is 16.4 Å². The summed E-state index contributed by atoms with van der Waals surface area (Å²) in [5, 5.41) is 2.83. The predicted molar refractivity (Wildman–Crippen MR) is 108 cm³/mol. The van der Waals surface area contributed by atoms with Crippen molar-refractivity contribution in [3.05, 3.63) is 52.6 Å². The fraction of sp³-hybridized carbons (Fsp3) is 0.350. The number of aryl methyl sites for hydroxylation is 1. The molecule has 0 unspecified atom stereocenters. The number of ether oxygens (including phenoxy) is 2. The Balaban J connectivity index is 2.12. The van der Waals surface area contributed by atoms with Gasteiger partial charge in [-0.15, -0.1) is 0 Å². The van der Waals surface area contributed by atoms with E-state index in [1.165, 1.54) is 13.1 Å². The van der Waals surface area contributed by atoms with Gasteiger partial charge in [-0.1, -0.05) is 6.07 Å². The first-order chi connectivity index (χ1) is 13.2. The Morgan fingerprint density at radius 1 is 1.04 bits per heavy atom. The summed E-state index contributed by atoms with van der Waals surface area (Å²) in [4.78, 5) is 12.6. The van der Waals surface area contributed by atoms with Gasteiger partial charge in [-0.05, 0) is 68.3 Å². The second-order valence-electron chi connectivity index (χ2n) is 6.32. The van der Waals surface area contributed by atoms with Gasteiger partial charge in [-0.25, -0.2) is 13.1 Å². The smallest absolute Gasteiger partial charge is 0.251 e. The van der Waals surface area contributed by atoms with Crippen LogP contribution in [0.4, 0.5) is 0 Å². The molecule has 0 aromatic heterocycles. The van der Waals surface area contributed by atoms with Gasteiger partial charge in [0.15, 0.2) is 11.5 Å². The normalized spacial score (nSPS) is 11.2. The van der Waals surface area contributed by atoms with Crippen LogP contribution in [0.5, 0.6) is 11.5 Å². The van der Waals surface area contributed by atoms with E-state index in [0.717, 1.165) is 11.1 Å². The quantitative estimate of drug-likeness (QED) is 0.701. The van der Waals surface area contributed by atoms with Crippen LogP contribution in [0.3, 0.4) is 0 Å². The summed E-state index contributed by atoms with van der Waals surface area (Å²) in [7, 11) is 0.849. The molecule has 0 aliphatic heterocycles. The van der Waals surface area contributed by atoms with Crippen molar-refractivity contribution in [2.24, 2.45) is 0 Å². The Kier molecular flexibility index (Phi) is 7.04. The molecule has 8 heteroatoms. The zero-order valence-corrected chi connectivity index (χ0v) is 17.6. The van der Waals surface area contributed by atoms with E-state index in [-0.39, 0.29) is 10.8 Å². The van der Waals surface area contributed by atoms with Gasteiger partial charge in [0.1, 0.15) is 0 Å². The van der Waals surface area contributed by atoms with Gasteiger partial charge < -0.3 is 14.8 Å². The van der Waals surface area contributed by atoms with Gasteiger partial charge in [-0.2, -0.15) is 0 Å². The molecule has 2 aromatic carbocycles. The van der Waals surface area contributed by atoms with Crippen molar-refractivity contribution >= 4 is 15.9 Å². The molecule has 2 N–H and O–H groups in total. The van der Waals surface area contributed by atoms with Crippen LogP contribution in [-0.4, -0.2) is 42.1 Å². The summed E-state index contributed by atoms with van der Waals surface area (Å²) in [5.41, 5.74) is 2.65. The molecule has 2 aromatic rings. The molecule has 0 spiro atoms. The number of carbonyl (C=O) groups excluding carboxylic acids is 1. The first-order valence-electron chi connectivity index (χ1n) is 8.77. The van der Waals surface area contributed by atoms with E-state index in [4.69, 9.17) is 9.47 Å². The standard InChI is InChI=1S/C20H26N2O5S/c1-13-10-16(12-19(14(13)2)28(24,25)21-3)20(23)22-9-8-15-6-7-17(26-4)18(11-15)27-5/h6-7,10-12,21H,8-9H2,1-5H3,(H,22,23). The van der Waals surface area contributed by atoms with Gasteiger partial charge in [0.25, 0.3) is 5.91 Å². The number of amides is 1. The second-order valence-corrected chi connectivity index (χ2v) is 8.17. The molecule has 1 amide bonds. The van der Waals surface area contributed by atoms with E-state index in [2.05, 4.69) is 10.0 Å². The number of hydrogen-bond donors (Lipinski definition) is 2. The average Bonchev–Trinajstić information content (AvgIpc) is 2.69. The van der Waals surface area contributed by atoms with E-state index in [1.807, 2.05) is 18.2 Å². The fourth-order valence-electron chi connectivity index (χ4n) is 2.81. The molecule has 0 fully saturated rings. The number of hydrogen-bond acceptors (Lipinski definition) is 5. The monoisotopic (exact) mass is 406 g/mol.